The Bertz CT molecular complexity index is 907. The average Bonchev–Trinajstić information content (AvgIpc) is 3.03. The van der Waals surface area contributed by atoms with Crippen LogP contribution in [0.1, 0.15) is 44.1 Å². The molecule has 2 heterocycles. The van der Waals surface area contributed by atoms with Crippen molar-refractivity contribution in [3.8, 4) is 0 Å². The molecule has 0 bridgehead atoms. The van der Waals surface area contributed by atoms with Gasteiger partial charge >= 0.3 is 6.09 Å². The highest BCUT2D eigenvalue weighted by Gasteiger charge is 2.19. The van der Waals surface area contributed by atoms with E-state index in [2.05, 4.69) is 20.2 Å². The van der Waals surface area contributed by atoms with Gasteiger partial charge in [0.05, 0.1) is 32.3 Å². The number of allylic oxidation sites excluding steroid dienone is 5. The minimum absolute atomic E-state index is 0.357. The van der Waals surface area contributed by atoms with Gasteiger partial charge in [0.25, 0.3) is 0 Å². The summed E-state index contributed by atoms with van der Waals surface area (Å²) in [6, 6.07) is 0. The second-order valence-corrected chi connectivity index (χ2v) is 7.25. The Morgan fingerprint density at radius 2 is 2.13 bits per heavy atom. The highest BCUT2D eigenvalue weighted by atomic mass is 16.5. The predicted molar refractivity (Wildman–Crippen MR) is 121 cm³/mol. The summed E-state index contributed by atoms with van der Waals surface area (Å²) in [5.41, 5.74) is 8.50. The van der Waals surface area contributed by atoms with Crippen molar-refractivity contribution in [3.05, 3.63) is 41.6 Å². The van der Waals surface area contributed by atoms with E-state index in [1.165, 1.54) is 0 Å². The Balaban J connectivity index is 1.55. The number of unbranched alkanes of at least 4 members (excludes halogenated alkanes) is 1. The first-order valence-electron chi connectivity index (χ1n) is 10.6. The Hall–Kier alpha value is -3.36. The number of carbonyl (C=O) groups excluding carboxylic acids is 1. The number of nitrogens with two attached hydrogens (primary N) is 1. The van der Waals surface area contributed by atoms with Crippen molar-refractivity contribution in [1.82, 2.24) is 20.2 Å². The molecule has 0 fully saturated rings. The van der Waals surface area contributed by atoms with E-state index in [0.29, 0.717) is 37.0 Å². The highest BCUT2D eigenvalue weighted by Crippen LogP contribution is 2.30. The first-order chi connectivity index (χ1) is 15.1. The van der Waals surface area contributed by atoms with Crippen LogP contribution in [0.4, 0.5) is 16.3 Å². The Kier molecular flexibility index (Phi) is 8.03. The molecule has 31 heavy (non-hydrogen) atoms. The maximum atomic E-state index is 11.4. The Morgan fingerprint density at radius 3 is 2.94 bits per heavy atom. The van der Waals surface area contributed by atoms with Gasteiger partial charge in [0, 0.05) is 18.7 Å². The molecule has 1 aromatic heterocycles. The van der Waals surface area contributed by atoms with Gasteiger partial charge in [-0.3, -0.25) is 0 Å². The molecule has 0 aromatic carbocycles. The minimum atomic E-state index is -0.357. The van der Waals surface area contributed by atoms with Gasteiger partial charge < -0.3 is 25.4 Å². The Labute approximate surface area is 182 Å². The molecule has 0 saturated heterocycles. The zero-order valence-electron chi connectivity index (χ0n) is 18.1. The third-order valence-electron chi connectivity index (χ3n) is 4.86. The second kappa shape index (κ2) is 11.1. The van der Waals surface area contributed by atoms with Gasteiger partial charge in [0.1, 0.15) is 11.4 Å². The fourth-order valence-corrected chi connectivity index (χ4v) is 3.20. The highest BCUT2D eigenvalue weighted by molar-refractivity contribution is 5.76. The molecule has 0 unspecified atom stereocenters. The molecule has 0 spiro atoms. The van der Waals surface area contributed by atoms with Crippen molar-refractivity contribution < 1.29 is 14.3 Å². The summed E-state index contributed by atoms with van der Waals surface area (Å²) < 4.78 is 10.4. The third kappa shape index (κ3) is 6.31. The molecule has 166 valence electrons. The molecule has 3 N–H and O–H groups in total. The number of fused-ring (bicyclic) bond motifs is 1. The van der Waals surface area contributed by atoms with Crippen LogP contribution in [0, 0.1) is 0 Å². The van der Waals surface area contributed by atoms with Gasteiger partial charge in [-0.05, 0) is 43.9 Å². The first kappa shape index (κ1) is 22.3. The number of nitrogens with one attached hydrogen (secondary N) is 1. The van der Waals surface area contributed by atoms with E-state index >= 15 is 0 Å². The van der Waals surface area contributed by atoms with Gasteiger partial charge in [-0.15, -0.1) is 0 Å². The van der Waals surface area contributed by atoms with Crippen LogP contribution in [0.5, 0.6) is 0 Å². The van der Waals surface area contributed by atoms with Crippen molar-refractivity contribution in [3.63, 3.8) is 0 Å². The number of carbonyl (C=O) groups is 1. The van der Waals surface area contributed by atoms with Crippen LogP contribution in [-0.4, -0.2) is 54.1 Å². The lowest BCUT2D eigenvalue weighted by atomic mass is 10.2. The summed E-state index contributed by atoms with van der Waals surface area (Å²) >= 11 is 0. The van der Waals surface area contributed by atoms with Crippen LogP contribution in [0.3, 0.4) is 0 Å². The van der Waals surface area contributed by atoms with Gasteiger partial charge in [-0.25, -0.2) is 19.8 Å². The van der Waals surface area contributed by atoms with E-state index < -0.39 is 0 Å². The molecular weight excluding hydrogens is 396 g/mol. The maximum Gasteiger partial charge on any atom is 0.407 e. The van der Waals surface area contributed by atoms with Gasteiger partial charge in [-0.1, -0.05) is 13.0 Å². The van der Waals surface area contributed by atoms with Gasteiger partial charge in [-0.2, -0.15) is 0 Å². The van der Waals surface area contributed by atoms with Crippen LogP contribution in [0.2, 0.25) is 0 Å². The number of aromatic nitrogens is 2. The lowest BCUT2D eigenvalue weighted by Gasteiger charge is -2.24. The van der Waals surface area contributed by atoms with Crippen LogP contribution >= 0.6 is 0 Å². The largest absolute Gasteiger partial charge is 0.497 e. The quantitative estimate of drug-likeness (QED) is 0.582. The molecule has 3 rings (SSSR count). The first-order valence-corrected chi connectivity index (χ1v) is 10.6. The van der Waals surface area contributed by atoms with E-state index in [0.717, 1.165) is 49.3 Å². The fraction of sp³-hybridized carbons (Fsp3) is 0.455. The number of hydrogen-bond acceptors (Lipinski definition) is 8. The zero-order chi connectivity index (χ0) is 22.1. The molecule has 1 aliphatic heterocycles. The zero-order valence-corrected chi connectivity index (χ0v) is 18.1. The van der Waals surface area contributed by atoms with Crippen molar-refractivity contribution in [2.45, 2.75) is 39.2 Å². The number of alkyl carbamates (subject to hydrolysis) is 1. The molecule has 1 amide bonds. The lowest BCUT2D eigenvalue weighted by Crippen LogP contribution is -2.27. The third-order valence-corrected chi connectivity index (χ3v) is 4.86. The second-order valence-electron chi connectivity index (χ2n) is 7.25. The van der Waals surface area contributed by atoms with Crippen molar-refractivity contribution in [1.29, 1.82) is 0 Å². The number of nitrogen functional groups attached to an aromatic ring is 1. The van der Waals surface area contributed by atoms with Crippen molar-refractivity contribution >= 4 is 29.5 Å². The number of amides is 1. The summed E-state index contributed by atoms with van der Waals surface area (Å²) in [4.78, 5) is 27.2. The molecule has 9 nitrogen and oxygen atoms in total. The normalized spacial score (nSPS) is 15.0. The number of nitrogens with zero attached hydrogens (tertiary/aromatic N) is 4. The topological polar surface area (TPSA) is 115 Å². The minimum Gasteiger partial charge on any atom is -0.497 e. The maximum absolute atomic E-state index is 11.4. The lowest BCUT2D eigenvalue weighted by molar-refractivity contribution is 0.143. The predicted octanol–water partition coefficient (Wildman–Crippen LogP) is 3.32. The van der Waals surface area contributed by atoms with Gasteiger partial charge in [0.2, 0.25) is 0 Å². The van der Waals surface area contributed by atoms with Crippen LogP contribution in [0.25, 0.3) is 5.57 Å². The molecule has 0 atom stereocenters. The van der Waals surface area contributed by atoms with E-state index in [1.807, 2.05) is 31.2 Å². The van der Waals surface area contributed by atoms with Crippen molar-refractivity contribution in [2.24, 2.45) is 4.99 Å². The fourth-order valence-electron chi connectivity index (χ4n) is 3.20. The summed E-state index contributed by atoms with van der Waals surface area (Å²) in [6.45, 7) is 4.42. The Morgan fingerprint density at radius 1 is 1.26 bits per heavy atom. The number of aliphatic imine (C=N–C) groups is 1. The van der Waals surface area contributed by atoms with E-state index in [9.17, 15) is 4.79 Å². The molecule has 1 aliphatic carbocycles. The molecule has 1 aromatic rings. The SMILES string of the molecule is CCCNC(=O)OCCCCN1C=Nc2c(N)nc(C3=CCC=C(OC)C=C3)nc2C1. The van der Waals surface area contributed by atoms with Crippen LogP contribution < -0.4 is 11.1 Å². The van der Waals surface area contributed by atoms with E-state index in [-0.39, 0.29) is 6.09 Å². The number of anilines is 1. The average molecular weight is 427 g/mol. The summed E-state index contributed by atoms with van der Waals surface area (Å²) in [6.07, 6.45) is 12.6. The van der Waals surface area contributed by atoms with Crippen LogP contribution in [-0.2, 0) is 16.0 Å². The molecule has 9 heteroatoms. The monoisotopic (exact) mass is 426 g/mol. The van der Waals surface area contributed by atoms with Crippen LogP contribution in [0.15, 0.2) is 35.1 Å². The number of hydrogen-bond donors (Lipinski definition) is 2. The summed E-state index contributed by atoms with van der Waals surface area (Å²) in [7, 11) is 1.65. The summed E-state index contributed by atoms with van der Waals surface area (Å²) in [5.74, 6) is 1.77. The smallest absolute Gasteiger partial charge is 0.407 e. The molecular formula is C22H30N6O3. The molecule has 0 saturated carbocycles. The van der Waals surface area contributed by atoms with Gasteiger partial charge in [0.15, 0.2) is 11.6 Å². The van der Waals surface area contributed by atoms with E-state index in [1.54, 1.807) is 13.4 Å². The standard InChI is InChI=1S/C22H30N6O3/c1-3-11-24-22(29)31-13-5-4-12-28-14-18-19(25-15-28)20(23)27-21(26-18)16-7-6-8-17(30-2)10-9-16/h7-10,15H,3-6,11-14H2,1-2H3,(H,24,29)(H2,23,26,27). The number of rotatable bonds is 9. The summed E-state index contributed by atoms with van der Waals surface area (Å²) in [5, 5.41) is 2.69. The van der Waals surface area contributed by atoms with E-state index in [4.69, 9.17) is 20.2 Å². The molecule has 2 aliphatic rings. The number of ether oxygens (including phenoxy) is 2. The molecule has 0 radical (unpaired) electrons. The number of methoxy groups -OCH3 is 1. The van der Waals surface area contributed by atoms with Crippen molar-refractivity contribution in [2.75, 3.05) is 32.5 Å².